The number of halogens is 3. The average molecular weight is 634 g/mol. The summed E-state index contributed by atoms with van der Waals surface area (Å²) < 4.78 is 0. The summed E-state index contributed by atoms with van der Waals surface area (Å²) in [5, 5.41) is 5.85. The predicted molar refractivity (Wildman–Crippen MR) is 156 cm³/mol. The Kier molecular flexibility index (Phi) is 13.4. The van der Waals surface area contributed by atoms with Gasteiger partial charge in [0.2, 0.25) is 0 Å². The van der Waals surface area contributed by atoms with E-state index >= 15 is 0 Å². The number of rotatable bonds is 5. The molecule has 0 aromatic heterocycles. The molecule has 1 aliphatic carbocycles. The topological polar surface area (TPSA) is 0 Å². The zero-order chi connectivity index (χ0) is 24.9. The summed E-state index contributed by atoms with van der Waals surface area (Å²) in [6.45, 7) is 21.3. The van der Waals surface area contributed by atoms with E-state index in [9.17, 15) is 0 Å². The molecule has 0 saturated heterocycles. The van der Waals surface area contributed by atoms with Gasteiger partial charge in [-0.1, -0.05) is 135 Å². The average Bonchev–Trinajstić information content (AvgIpc) is 2.98. The van der Waals surface area contributed by atoms with E-state index in [2.05, 4.69) is 140 Å². The van der Waals surface area contributed by atoms with E-state index in [1.54, 1.807) is 5.19 Å². The van der Waals surface area contributed by atoms with Crippen molar-refractivity contribution in [3.63, 3.8) is 0 Å². The van der Waals surface area contributed by atoms with Crippen molar-refractivity contribution in [1.29, 1.82) is 0 Å². The first-order chi connectivity index (χ1) is 15.9. The molecule has 1 aliphatic rings. The van der Waals surface area contributed by atoms with Crippen LogP contribution in [0.25, 0.3) is 0 Å². The molecule has 0 heterocycles. The van der Waals surface area contributed by atoms with Gasteiger partial charge in [0.15, 0.2) is 0 Å². The second kappa shape index (κ2) is 13.7. The van der Waals surface area contributed by atoms with Crippen molar-refractivity contribution in [2.75, 3.05) is 0 Å². The van der Waals surface area contributed by atoms with Gasteiger partial charge in [-0.2, -0.15) is 11.1 Å². The van der Waals surface area contributed by atoms with E-state index in [0.29, 0.717) is 0 Å². The van der Waals surface area contributed by atoms with Gasteiger partial charge in [0.1, 0.15) is 8.07 Å². The molecule has 6 heteroatoms. The Morgan fingerprint density at radius 2 is 1.18 bits per heavy atom. The van der Waals surface area contributed by atoms with E-state index in [1.165, 1.54) is 43.4 Å². The first kappa shape index (κ1) is 37.2. The maximum absolute atomic E-state index is 4.09. The van der Waals surface area contributed by atoms with Gasteiger partial charge in [0.05, 0.1) is 8.07 Å². The largest absolute Gasteiger partial charge is 4.00 e. The molecule has 0 aliphatic heterocycles. The smallest absolute Gasteiger partial charge is 1.00 e. The number of benzene rings is 3. The minimum atomic E-state index is -2.62. The van der Waals surface area contributed by atoms with Crippen LogP contribution in [0.3, 0.4) is 0 Å². The Labute approximate surface area is 266 Å². The normalized spacial score (nSPS) is 18.2. The Morgan fingerprint density at radius 3 is 1.68 bits per heavy atom. The van der Waals surface area contributed by atoms with Crippen LogP contribution in [0.1, 0.15) is 38.8 Å². The monoisotopic (exact) mass is 632 g/mol. The van der Waals surface area contributed by atoms with Gasteiger partial charge in [-0.3, -0.25) is 6.08 Å². The summed E-state index contributed by atoms with van der Waals surface area (Å²) in [7, 11) is -4.13. The number of hydrogen-bond donors (Lipinski definition) is 0. The molecule has 38 heavy (non-hydrogen) atoms. The third kappa shape index (κ3) is 6.08. The molecule has 0 saturated carbocycles. The van der Waals surface area contributed by atoms with Crippen LogP contribution in [0.15, 0.2) is 89.5 Å². The maximum atomic E-state index is 4.09. The summed E-state index contributed by atoms with van der Waals surface area (Å²) in [4.78, 5) is 0. The van der Waals surface area contributed by atoms with Crippen molar-refractivity contribution in [1.82, 2.24) is 0 Å². The second-order valence-corrected chi connectivity index (χ2v) is 20.7. The molecule has 3 aromatic rings. The van der Waals surface area contributed by atoms with Crippen molar-refractivity contribution >= 4 is 36.9 Å². The van der Waals surface area contributed by atoms with Crippen LogP contribution in [0.5, 0.6) is 0 Å². The first-order valence-corrected chi connectivity index (χ1v) is 18.0. The van der Waals surface area contributed by atoms with Crippen molar-refractivity contribution in [2.45, 2.75) is 66.2 Å². The summed E-state index contributed by atoms with van der Waals surface area (Å²) in [5.74, 6) is 0. The van der Waals surface area contributed by atoms with Crippen LogP contribution in [0, 0.1) is 19.9 Å². The van der Waals surface area contributed by atoms with E-state index in [1.807, 2.05) is 0 Å². The molecule has 2 atom stereocenters. The van der Waals surface area contributed by atoms with Crippen LogP contribution in [-0.2, 0) is 21.7 Å². The summed E-state index contributed by atoms with van der Waals surface area (Å²) in [6, 6.07) is 28.0. The van der Waals surface area contributed by atoms with Gasteiger partial charge < -0.3 is 37.2 Å². The van der Waals surface area contributed by atoms with Crippen molar-refractivity contribution in [2.24, 2.45) is 0 Å². The quantitative estimate of drug-likeness (QED) is 0.162. The van der Waals surface area contributed by atoms with Crippen molar-refractivity contribution < 1.29 is 58.9 Å². The molecular weight excluding hydrogens is 595 g/mol. The Bertz CT molecular complexity index is 1310. The van der Waals surface area contributed by atoms with E-state index in [-0.39, 0.29) is 64.0 Å². The van der Waals surface area contributed by atoms with E-state index in [4.69, 9.17) is 0 Å². The zero-order valence-corrected chi connectivity index (χ0v) is 29.9. The molecule has 0 spiro atoms. The third-order valence-corrected chi connectivity index (χ3v) is 15.9. The minimum Gasteiger partial charge on any atom is -1.00 e. The SMILES string of the molecule is CC1=[C-]C(C)([Si](c2ccccc2)(c2cc(C)cc([Si](C)(C)C)c2)c2ccccc2C)C(C)=C1C.[Cl-].[Cl-].[Cl-].[Ti+4]. The molecular formula is C32H39Cl3Si2Ti. The van der Waals surface area contributed by atoms with Crippen LogP contribution < -0.4 is 58.0 Å². The first-order valence-electron chi connectivity index (χ1n) is 12.5. The van der Waals surface area contributed by atoms with Gasteiger partial charge in [-0.15, -0.1) is 6.92 Å². The van der Waals surface area contributed by atoms with Crippen molar-refractivity contribution in [3.05, 3.63) is 107 Å². The molecule has 0 radical (unpaired) electrons. The molecule has 4 rings (SSSR count). The Morgan fingerprint density at radius 1 is 0.658 bits per heavy atom. The van der Waals surface area contributed by atoms with Gasteiger partial charge in [0, 0.05) is 0 Å². The second-order valence-electron chi connectivity index (χ2n) is 11.4. The van der Waals surface area contributed by atoms with Crippen LogP contribution in [0.4, 0.5) is 0 Å². The van der Waals surface area contributed by atoms with E-state index < -0.39 is 16.1 Å². The predicted octanol–water partition coefficient (Wildman–Crippen LogP) is -2.81. The van der Waals surface area contributed by atoms with Crippen LogP contribution >= 0.6 is 0 Å². The fourth-order valence-corrected chi connectivity index (χ4v) is 13.7. The Balaban J connectivity index is 0.00000342. The standard InChI is InChI=1S/C32H39Si2.3ClH.Ti/c1-23-19-29(33(7,8)9)21-30(20-23)34(28-16-11-10-12-17-28,31-18-14-13-15-24(31)2)32(6)22-25(3)26(4)27(32)5;;;;/h10-21H,1-9H3;3*1H;/q-1;;;;+4/p-3. The molecule has 0 N–H and O–H groups in total. The Hall–Kier alpha value is -0.842. The van der Waals surface area contributed by atoms with Crippen molar-refractivity contribution in [3.8, 4) is 0 Å². The molecule has 2 unspecified atom stereocenters. The fraction of sp³-hybridized carbons (Fsp3) is 0.312. The molecule has 0 amide bonds. The van der Waals surface area contributed by atoms with Gasteiger partial charge in [0.25, 0.3) is 0 Å². The van der Waals surface area contributed by atoms with Crippen LogP contribution in [0.2, 0.25) is 24.7 Å². The third-order valence-electron chi connectivity index (χ3n) is 8.19. The minimum absolute atomic E-state index is 0. The molecule has 200 valence electrons. The molecule has 0 bridgehead atoms. The molecule has 0 fully saturated rings. The number of allylic oxidation sites excluding steroid dienone is 4. The van der Waals surface area contributed by atoms with Gasteiger partial charge >= 0.3 is 21.7 Å². The number of aryl methyl sites for hydroxylation is 2. The van der Waals surface area contributed by atoms with Gasteiger partial charge in [-0.05, 0) is 29.4 Å². The summed E-state index contributed by atoms with van der Waals surface area (Å²) >= 11 is 0. The summed E-state index contributed by atoms with van der Waals surface area (Å²) in [5.41, 5.74) is 6.94. The summed E-state index contributed by atoms with van der Waals surface area (Å²) in [6.07, 6.45) is 4.09. The molecule has 0 nitrogen and oxygen atoms in total. The zero-order valence-electron chi connectivity index (χ0n) is 24.1. The molecule has 3 aromatic carbocycles. The fourth-order valence-electron chi connectivity index (χ4n) is 6.03. The van der Waals surface area contributed by atoms with E-state index in [0.717, 1.165) is 0 Å². The van der Waals surface area contributed by atoms with Crippen LogP contribution in [-0.4, -0.2) is 16.1 Å². The maximum Gasteiger partial charge on any atom is 4.00 e. The number of hydrogen-bond acceptors (Lipinski definition) is 0. The van der Waals surface area contributed by atoms with Gasteiger partial charge in [-0.25, -0.2) is 5.57 Å².